The zero-order valence-corrected chi connectivity index (χ0v) is 19.6. The van der Waals surface area contributed by atoms with Crippen LogP contribution in [0.15, 0.2) is 53.4 Å². The number of amides is 2. The maximum absolute atomic E-state index is 13.5. The van der Waals surface area contributed by atoms with Gasteiger partial charge in [-0.3, -0.25) is 9.10 Å². The largest absolute Gasteiger partial charge is 0.450 e. The van der Waals surface area contributed by atoms with Gasteiger partial charge in [0.1, 0.15) is 6.54 Å². The third-order valence-corrected chi connectivity index (χ3v) is 7.26. The van der Waals surface area contributed by atoms with E-state index >= 15 is 0 Å². The number of carbonyl (C=O) groups excluding carboxylic acids is 2. The highest BCUT2D eigenvalue weighted by atomic mass is 35.5. The molecule has 0 bridgehead atoms. The van der Waals surface area contributed by atoms with Gasteiger partial charge in [0, 0.05) is 26.2 Å². The molecule has 0 atom stereocenters. The van der Waals surface area contributed by atoms with Gasteiger partial charge in [0.25, 0.3) is 10.0 Å². The number of carbonyl (C=O) groups is 2. The van der Waals surface area contributed by atoms with Crippen molar-refractivity contribution in [2.75, 3.05) is 43.6 Å². The van der Waals surface area contributed by atoms with Crippen LogP contribution < -0.4 is 4.31 Å². The average molecular weight is 480 g/mol. The SMILES string of the molecule is CCOC(=O)N1CCN(C(=O)CN(c2ccccc2Cl)S(=O)(=O)c2ccc(C)cc2)CC1. The third kappa shape index (κ3) is 5.34. The lowest BCUT2D eigenvalue weighted by atomic mass is 10.2. The molecule has 2 aromatic carbocycles. The number of halogens is 1. The number of benzene rings is 2. The Bertz CT molecular complexity index is 1070. The van der Waals surface area contributed by atoms with Crippen LogP contribution in [0.3, 0.4) is 0 Å². The summed E-state index contributed by atoms with van der Waals surface area (Å²) in [4.78, 5) is 28.1. The first kappa shape index (κ1) is 23.9. The van der Waals surface area contributed by atoms with Gasteiger partial charge in [0.2, 0.25) is 5.91 Å². The Morgan fingerprint density at radius 1 is 1.00 bits per heavy atom. The van der Waals surface area contributed by atoms with Crippen LogP contribution in [0.2, 0.25) is 5.02 Å². The zero-order valence-electron chi connectivity index (χ0n) is 18.0. The van der Waals surface area contributed by atoms with Gasteiger partial charge in [-0.05, 0) is 38.1 Å². The summed E-state index contributed by atoms with van der Waals surface area (Å²) < 4.78 is 32.9. The van der Waals surface area contributed by atoms with Crippen molar-refractivity contribution in [1.29, 1.82) is 0 Å². The molecule has 0 saturated carbocycles. The van der Waals surface area contributed by atoms with E-state index in [1.807, 2.05) is 6.92 Å². The van der Waals surface area contributed by atoms with E-state index < -0.39 is 22.7 Å². The van der Waals surface area contributed by atoms with E-state index in [0.717, 1.165) is 9.87 Å². The van der Waals surface area contributed by atoms with Gasteiger partial charge in [0.05, 0.1) is 22.2 Å². The van der Waals surface area contributed by atoms with E-state index in [9.17, 15) is 18.0 Å². The second-order valence-electron chi connectivity index (χ2n) is 7.34. The Balaban J connectivity index is 1.83. The van der Waals surface area contributed by atoms with Crippen LogP contribution >= 0.6 is 11.6 Å². The molecule has 1 saturated heterocycles. The van der Waals surface area contributed by atoms with Crippen molar-refractivity contribution in [2.45, 2.75) is 18.7 Å². The van der Waals surface area contributed by atoms with E-state index in [0.29, 0.717) is 26.2 Å². The molecular weight excluding hydrogens is 454 g/mol. The van der Waals surface area contributed by atoms with Crippen LogP contribution in [0.25, 0.3) is 0 Å². The van der Waals surface area contributed by atoms with Crippen molar-refractivity contribution in [1.82, 2.24) is 9.80 Å². The highest BCUT2D eigenvalue weighted by molar-refractivity contribution is 7.92. The van der Waals surface area contributed by atoms with E-state index in [1.54, 1.807) is 48.2 Å². The van der Waals surface area contributed by atoms with Crippen molar-refractivity contribution in [3.63, 3.8) is 0 Å². The third-order valence-electron chi connectivity index (χ3n) is 5.17. The first-order valence-electron chi connectivity index (χ1n) is 10.3. The Labute approximate surface area is 193 Å². The smallest absolute Gasteiger partial charge is 0.409 e. The summed E-state index contributed by atoms with van der Waals surface area (Å²) in [5.41, 5.74) is 1.15. The Morgan fingerprint density at radius 3 is 2.19 bits per heavy atom. The molecule has 0 radical (unpaired) electrons. The number of hydrogen-bond acceptors (Lipinski definition) is 5. The molecule has 0 aromatic heterocycles. The molecule has 1 aliphatic rings. The quantitative estimate of drug-likeness (QED) is 0.635. The lowest BCUT2D eigenvalue weighted by molar-refractivity contribution is -0.131. The number of aryl methyl sites for hydroxylation is 1. The molecule has 1 heterocycles. The van der Waals surface area contributed by atoms with Gasteiger partial charge in [0.15, 0.2) is 0 Å². The predicted octanol–water partition coefficient (Wildman–Crippen LogP) is 3.14. The summed E-state index contributed by atoms with van der Waals surface area (Å²) >= 11 is 6.30. The molecule has 8 nitrogen and oxygen atoms in total. The van der Waals surface area contributed by atoms with Crippen LogP contribution in [-0.4, -0.2) is 69.5 Å². The molecule has 1 aliphatic heterocycles. The van der Waals surface area contributed by atoms with Crippen molar-refractivity contribution in [3.05, 3.63) is 59.1 Å². The summed E-state index contributed by atoms with van der Waals surface area (Å²) in [5.74, 6) is -0.371. The summed E-state index contributed by atoms with van der Waals surface area (Å²) in [5, 5.41) is 0.225. The summed E-state index contributed by atoms with van der Waals surface area (Å²) in [6.07, 6.45) is -0.417. The van der Waals surface area contributed by atoms with Gasteiger partial charge in [-0.2, -0.15) is 0 Å². The molecule has 0 unspecified atom stereocenters. The minimum atomic E-state index is -4.04. The molecule has 10 heteroatoms. The minimum absolute atomic E-state index is 0.0722. The van der Waals surface area contributed by atoms with Crippen molar-refractivity contribution >= 4 is 39.3 Å². The molecule has 0 spiro atoms. The Hall–Kier alpha value is -2.78. The summed E-state index contributed by atoms with van der Waals surface area (Å²) in [6, 6.07) is 12.9. The van der Waals surface area contributed by atoms with Crippen LogP contribution in [0.1, 0.15) is 12.5 Å². The van der Waals surface area contributed by atoms with Crippen molar-refractivity contribution in [3.8, 4) is 0 Å². The minimum Gasteiger partial charge on any atom is -0.450 e. The van der Waals surface area contributed by atoms with Gasteiger partial charge in [-0.1, -0.05) is 41.4 Å². The van der Waals surface area contributed by atoms with Gasteiger partial charge in [-0.15, -0.1) is 0 Å². The molecule has 32 heavy (non-hydrogen) atoms. The molecule has 2 amide bonds. The second kappa shape index (κ2) is 10.2. The molecule has 172 valence electrons. The molecule has 0 aliphatic carbocycles. The second-order valence-corrected chi connectivity index (χ2v) is 9.61. The molecule has 1 fully saturated rings. The topological polar surface area (TPSA) is 87.2 Å². The van der Waals surface area contributed by atoms with Crippen molar-refractivity contribution in [2.24, 2.45) is 0 Å². The number of piperazine rings is 1. The number of nitrogens with zero attached hydrogens (tertiary/aromatic N) is 3. The van der Waals surface area contributed by atoms with Gasteiger partial charge >= 0.3 is 6.09 Å². The lowest BCUT2D eigenvalue weighted by Gasteiger charge is -2.35. The highest BCUT2D eigenvalue weighted by Gasteiger charge is 2.32. The van der Waals surface area contributed by atoms with Crippen LogP contribution in [0, 0.1) is 6.92 Å². The monoisotopic (exact) mass is 479 g/mol. The van der Waals surface area contributed by atoms with Crippen LogP contribution in [-0.2, 0) is 19.6 Å². The van der Waals surface area contributed by atoms with E-state index in [4.69, 9.17) is 16.3 Å². The van der Waals surface area contributed by atoms with Crippen LogP contribution in [0.5, 0.6) is 0 Å². The fourth-order valence-corrected chi connectivity index (χ4v) is 5.09. The number of para-hydroxylation sites is 1. The molecular formula is C22H26ClN3O5S. The number of ether oxygens (including phenoxy) is 1. The number of rotatable bonds is 6. The van der Waals surface area contributed by atoms with Gasteiger partial charge < -0.3 is 14.5 Å². The van der Waals surface area contributed by atoms with E-state index in [-0.39, 0.29) is 28.1 Å². The number of sulfonamides is 1. The standard InChI is InChI=1S/C22H26ClN3O5S/c1-3-31-22(28)25-14-12-24(13-15-25)21(27)16-26(20-7-5-4-6-19(20)23)32(29,30)18-10-8-17(2)9-11-18/h4-11H,3,12-16H2,1-2H3. The van der Waals surface area contributed by atoms with Crippen molar-refractivity contribution < 1.29 is 22.7 Å². The van der Waals surface area contributed by atoms with E-state index in [2.05, 4.69) is 0 Å². The summed E-state index contributed by atoms with van der Waals surface area (Å²) in [7, 11) is -4.04. The normalized spacial score (nSPS) is 14.2. The zero-order chi connectivity index (χ0) is 23.3. The number of anilines is 1. The Morgan fingerprint density at radius 2 is 1.59 bits per heavy atom. The number of hydrogen-bond donors (Lipinski definition) is 0. The maximum atomic E-state index is 13.5. The fourth-order valence-electron chi connectivity index (χ4n) is 3.37. The highest BCUT2D eigenvalue weighted by Crippen LogP contribution is 2.30. The Kier molecular flexibility index (Phi) is 7.63. The first-order valence-corrected chi connectivity index (χ1v) is 12.1. The van der Waals surface area contributed by atoms with Crippen LogP contribution in [0.4, 0.5) is 10.5 Å². The predicted molar refractivity (Wildman–Crippen MR) is 122 cm³/mol. The van der Waals surface area contributed by atoms with Gasteiger partial charge in [-0.25, -0.2) is 13.2 Å². The molecule has 2 aromatic rings. The molecule has 3 rings (SSSR count). The van der Waals surface area contributed by atoms with E-state index in [1.165, 1.54) is 17.0 Å². The summed E-state index contributed by atoms with van der Waals surface area (Å²) in [6.45, 7) is 4.69. The fraction of sp³-hybridized carbons (Fsp3) is 0.364. The average Bonchev–Trinajstić information content (AvgIpc) is 2.78. The maximum Gasteiger partial charge on any atom is 0.409 e. The molecule has 0 N–H and O–H groups in total. The first-order chi connectivity index (χ1) is 15.2. The lowest BCUT2D eigenvalue weighted by Crippen LogP contribution is -2.53.